The Hall–Kier alpha value is -3.09. The van der Waals surface area contributed by atoms with Crippen LogP contribution < -0.4 is 21.9 Å². The molecule has 0 aliphatic carbocycles. The number of carbonyl (C=O) groups is 2. The first-order chi connectivity index (χ1) is 9.47. The number of hydrogen-bond acceptors (Lipinski definition) is 5. The Balaban J connectivity index is 2.30. The van der Waals surface area contributed by atoms with Crippen molar-refractivity contribution in [3.63, 3.8) is 0 Å². The van der Waals surface area contributed by atoms with Gasteiger partial charge in [0, 0.05) is 5.56 Å². The number of primary amides is 2. The molecular formula is C13H12N4O3. The zero-order valence-corrected chi connectivity index (χ0v) is 10.4. The van der Waals surface area contributed by atoms with Crippen LogP contribution in [-0.2, 0) is 0 Å². The largest absolute Gasteiger partial charge is 0.438 e. The van der Waals surface area contributed by atoms with Gasteiger partial charge in [0.25, 0.3) is 5.91 Å². The van der Waals surface area contributed by atoms with E-state index in [1.807, 2.05) is 0 Å². The average molecular weight is 272 g/mol. The summed E-state index contributed by atoms with van der Waals surface area (Å²) in [6.45, 7) is 0. The van der Waals surface area contributed by atoms with Crippen molar-refractivity contribution in [2.24, 2.45) is 11.5 Å². The van der Waals surface area contributed by atoms with Crippen molar-refractivity contribution in [2.45, 2.75) is 0 Å². The summed E-state index contributed by atoms with van der Waals surface area (Å²) in [5.41, 5.74) is 16.6. The number of benzene rings is 1. The van der Waals surface area contributed by atoms with Gasteiger partial charge in [-0.15, -0.1) is 0 Å². The van der Waals surface area contributed by atoms with Crippen LogP contribution in [0.15, 0.2) is 36.5 Å². The van der Waals surface area contributed by atoms with Gasteiger partial charge in [0.05, 0.1) is 11.9 Å². The number of nitrogen functional groups attached to an aromatic ring is 1. The van der Waals surface area contributed by atoms with E-state index in [4.69, 9.17) is 21.9 Å². The molecule has 2 rings (SSSR count). The number of hydrogen-bond donors (Lipinski definition) is 3. The smallest absolute Gasteiger partial charge is 0.254 e. The summed E-state index contributed by atoms with van der Waals surface area (Å²) in [6, 6.07) is 7.44. The van der Waals surface area contributed by atoms with Crippen LogP contribution >= 0.6 is 0 Å². The minimum Gasteiger partial charge on any atom is -0.438 e. The Morgan fingerprint density at radius 2 is 1.70 bits per heavy atom. The van der Waals surface area contributed by atoms with Gasteiger partial charge in [-0.2, -0.15) is 0 Å². The van der Waals surface area contributed by atoms with Crippen molar-refractivity contribution < 1.29 is 14.3 Å². The fourth-order valence-electron chi connectivity index (χ4n) is 1.53. The van der Waals surface area contributed by atoms with Gasteiger partial charge in [0.2, 0.25) is 11.8 Å². The summed E-state index contributed by atoms with van der Waals surface area (Å²) in [7, 11) is 0. The van der Waals surface area contributed by atoms with Crippen molar-refractivity contribution in [2.75, 3.05) is 5.73 Å². The van der Waals surface area contributed by atoms with Crippen LogP contribution in [0.25, 0.3) is 0 Å². The number of anilines is 1. The van der Waals surface area contributed by atoms with Gasteiger partial charge in [-0.3, -0.25) is 9.59 Å². The van der Waals surface area contributed by atoms with E-state index >= 15 is 0 Å². The number of nitrogens with two attached hydrogens (primary N) is 3. The molecule has 0 unspecified atom stereocenters. The van der Waals surface area contributed by atoms with E-state index in [0.29, 0.717) is 17.0 Å². The first-order valence-electron chi connectivity index (χ1n) is 5.60. The Bertz CT molecular complexity index is 668. The van der Waals surface area contributed by atoms with Crippen molar-refractivity contribution in [3.05, 3.63) is 47.7 Å². The summed E-state index contributed by atoms with van der Waals surface area (Å²) in [6.07, 6.45) is 1.35. The fourth-order valence-corrected chi connectivity index (χ4v) is 1.53. The molecule has 0 saturated carbocycles. The minimum atomic E-state index is -0.700. The number of rotatable bonds is 4. The van der Waals surface area contributed by atoms with Crippen LogP contribution in [-0.4, -0.2) is 16.8 Å². The summed E-state index contributed by atoms with van der Waals surface area (Å²) in [5.74, 6) is -0.818. The first kappa shape index (κ1) is 13.3. The molecule has 2 aromatic rings. The highest BCUT2D eigenvalue weighted by molar-refractivity contribution is 5.96. The summed E-state index contributed by atoms with van der Waals surface area (Å²) in [4.78, 5) is 26.2. The highest BCUT2D eigenvalue weighted by Crippen LogP contribution is 2.24. The molecule has 102 valence electrons. The number of carbonyl (C=O) groups excluding carboxylic acids is 2. The van der Waals surface area contributed by atoms with Gasteiger partial charge in [-0.1, -0.05) is 0 Å². The third-order valence-corrected chi connectivity index (χ3v) is 2.49. The van der Waals surface area contributed by atoms with E-state index in [2.05, 4.69) is 4.98 Å². The van der Waals surface area contributed by atoms with Crippen molar-refractivity contribution in [1.82, 2.24) is 4.98 Å². The predicted octanol–water partition coefficient (Wildman–Crippen LogP) is 0.654. The van der Waals surface area contributed by atoms with E-state index < -0.39 is 11.8 Å². The Kier molecular flexibility index (Phi) is 3.52. The number of amides is 2. The third kappa shape index (κ3) is 2.83. The maximum Gasteiger partial charge on any atom is 0.254 e. The molecule has 1 heterocycles. The Morgan fingerprint density at radius 3 is 2.25 bits per heavy atom. The van der Waals surface area contributed by atoms with Crippen molar-refractivity contribution in [1.29, 1.82) is 0 Å². The van der Waals surface area contributed by atoms with Crippen LogP contribution in [0.3, 0.4) is 0 Å². The van der Waals surface area contributed by atoms with Crippen molar-refractivity contribution >= 4 is 17.5 Å². The summed E-state index contributed by atoms with van der Waals surface area (Å²) in [5, 5.41) is 0. The molecule has 2 amide bonds. The molecule has 0 bridgehead atoms. The molecule has 0 aliphatic heterocycles. The maximum absolute atomic E-state index is 11.3. The highest BCUT2D eigenvalue weighted by atomic mass is 16.5. The van der Waals surface area contributed by atoms with Crippen LogP contribution in [0.1, 0.15) is 20.7 Å². The second-order valence-corrected chi connectivity index (χ2v) is 3.98. The normalized spacial score (nSPS) is 10.0. The second-order valence-electron chi connectivity index (χ2n) is 3.98. The van der Waals surface area contributed by atoms with Crippen LogP contribution in [0.4, 0.5) is 5.69 Å². The number of ether oxygens (including phenoxy) is 1. The zero-order chi connectivity index (χ0) is 14.7. The Labute approximate surface area is 114 Å². The maximum atomic E-state index is 11.3. The molecule has 0 atom stereocenters. The number of nitrogens with zero attached hydrogens (tertiary/aromatic N) is 1. The van der Waals surface area contributed by atoms with E-state index in [1.165, 1.54) is 36.5 Å². The summed E-state index contributed by atoms with van der Waals surface area (Å²) >= 11 is 0. The molecule has 7 heteroatoms. The highest BCUT2D eigenvalue weighted by Gasteiger charge is 2.12. The lowest BCUT2D eigenvalue weighted by Crippen LogP contribution is -2.13. The topological polar surface area (TPSA) is 134 Å². The molecule has 20 heavy (non-hydrogen) atoms. The van der Waals surface area contributed by atoms with Crippen molar-refractivity contribution in [3.8, 4) is 11.6 Å². The second kappa shape index (κ2) is 5.27. The van der Waals surface area contributed by atoms with Gasteiger partial charge < -0.3 is 21.9 Å². The Morgan fingerprint density at radius 1 is 1.05 bits per heavy atom. The summed E-state index contributed by atoms with van der Waals surface area (Å²) < 4.78 is 5.44. The van der Waals surface area contributed by atoms with Crippen LogP contribution in [0, 0.1) is 0 Å². The standard InChI is InChI=1S/C13H12N4O3/c14-8-5-10(12(16)19)13(17-6-8)20-9-3-1-7(2-4-9)11(15)18/h1-6H,14H2,(H2,15,18)(H2,16,19). The van der Waals surface area contributed by atoms with Crippen LogP contribution in [0.2, 0.25) is 0 Å². The fraction of sp³-hybridized carbons (Fsp3) is 0. The lowest BCUT2D eigenvalue weighted by Gasteiger charge is -2.08. The third-order valence-electron chi connectivity index (χ3n) is 2.49. The molecule has 0 spiro atoms. The van der Waals surface area contributed by atoms with Crippen LogP contribution in [0.5, 0.6) is 11.6 Å². The monoisotopic (exact) mass is 272 g/mol. The van der Waals surface area contributed by atoms with Gasteiger partial charge in [-0.05, 0) is 30.3 Å². The molecule has 0 fully saturated rings. The van der Waals surface area contributed by atoms with E-state index in [0.717, 1.165) is 0 Å². The molecule has 1 aromatic carbocycles. The number of aromatic nitrogens is 1. The SMILES string of the molecule is NC(=O)c1ccc(Oc2ncc(N)cc2C(N)=O)cc1. The molecule has 6 N–H and O–H groups in total. The lowest BCUT2D eigenvalue weighted by atomic mass is 10.2. The first-order valence-corrected chi connectivity index (χ1v) is 5.60. The predicted molar refractivity (Wildman–Crippen MR) is 72.2 cm³/mol. The molecule has 0 radical (unpaired) electrons. The molecule has 0 saturated heterocycles. The van der Waals surface area contributed by atoms with E-state index in [-0.39, 0.29) is 11.4 Å². The minimum absolute atomic E-state index is 0.0403. The van der Waals surface area contributed by atoms with Gasteiger partial charge in [0.1, 0.15) is 11.3 Å². The molecule has 7 nitrogen and oxygen atoms in total. The van der Waals surface area contributed by atoms with Gasteiger partial charge >= 0.3 is 0 Å². The van der Waals surface area contributed by atoms with Gasteiger partial charge in [-0.25, -0.2) is 4.98 Å². The molecular weight excluding hydrogens is 260 g/mol. The van der Waals surface area contributed by atoms with E-state index in [1.54, 1.807) is 0 Å². The zero-order valence-electron chi connectivity index (χ0n) is 10.4. The number of pyridine rings is 1. The average Bonchev–Trinajstić information content (AvgIpc) is 2.41. The van der Waals surface area contributed by atoms with E-state index in [9.17, 15) is 9.59 Å². The lowest BCUT2D eigenvalue weighted by molar-refractivity contribution is 0.0990. The van der Waals surface area contributed by atoms with Gasteiger partial charge in [0.15, 0.2) is 0 Å². The quantitative estimate of drug-likeness (QED) is 0.751. The molecule has 1 aromatic heterocycles. The molecule has 0 aliphatic rings.